The van der Waals surface area contributed by atoms with E-state index in [0.29, 0.717) is 10.7 Å². The molecule has 0 spiro atoms. The highest BCUT2D eigenvalue weighted by molar-refractivity contribution is 7.80. The molecule has 1 aromatic heterocycles. The largest absolute Gasteiger partial charge is 0.388 e. The topological polar surface area (TPSA) is 50.9 Å². The fourth-order valence-corrected chi connectivity index (χ4v) is 2.26. The van der Waals surface area contributed by atoms with E-state index in [9.17, 15) is 0 Å². The lowest BCUT2D eigenvalue weighted by molar-refractivity contribution is 0.581. The molecule has 0 fully saturated rings. The zero-order valence-corrected chi connectivity index (χ0v) is 13.3. The molecule has 0 aliphatic rings. The van der Waals surface area contributed by atoms with Gasteiger partial charge in [-0.1, -0.05) is 70.2 Å². The minimum atomic E-state index is 0.348. The smallest absolute Gasteiger partial charge is 0.126 e. The SMILES string of the molecule is CCCCCCCCCCNc1cccc(C(N)=S)n1. The van der Waals surface area contributed by atoms with Crippen LogP contribution in [0.15, 0.2) is 18.2 Å². The summed E-state index contributed by atoms with van der Waals surface area (Å²) in [4.78, 5) is 4.71. The number of nitrogens with zero attached hydrogens (tertiary/aromatic N) is 1. The normalized spacial score (nSPS) is 10.4. The third kappa shape index (κ3) is 7.43. The van der Waals surface area contributed by atoms with Crippen molar-refractivity contribution >= 4 is 23.0 Å². The summed E-state index contributed by atoms with van der Waals surface area (Å²) < 4.78 is 0. The van der Waals surface area contributed by atoms with Crippen LogP contribution in [-0.2, 0) is 0 Å². The van der Waals surface area contributed by atoms with Gasteiger partial charge in [-0.25, -0.2) is 4.98 Å². The highest BCUT2D eigenvalue weighted by Crippen LogP contribution is 2.09. The lowest BCUT2D eigenvalue weighted by Gasteiger charge is -2.07. The number of thiocarbonyl (C=S) groups is 1. The first-order valence-electron chi connectivity index (χ1n) is 7.74. The van der Waals surface area contributed by atoms with Crippen molar-refractivity contribution in [3.8, 4) is 0 Å². The molecule has 0 radical (unpaired) electrons. The van der Waals surface area contributed by atoms with Crippen molar-refractivity contribution in [1.82, 2.24) is 4.98 Å². The molecule has 0 saturated heterocycles. The van der Waals surface area contributed by atoms with Crippen LogP contribution in [-0.4, -0.2) is 16.5 Å². The number of rotatable bonds is 11. The van der Waals surface area contributed by atoms with Gasteiger partial charge in [-0.3, -0.25) is 0 Å². The third-order valence-corrected chi connectivity index (χ3v) is 3.55. The van der Waals surface area contributed by atoms with Gasteiger partial charge in [0.2, 0.25) is 0 Å². The Morgan fingerprint density at radius 1 is 1.10 bits per heavy atom. The zero-order chi connectivity index (χ0) is 14.6. The fraction of sp³-hybridized carbons (Fsp3) is 0.625. The third-order valence-electron chi connectivity index (χ3n) is 3.34. The monoisotopic (exact) mass is 293 g/mol. The molecule has 20 heavy (non-hydrogen) atoms. The maximum Gasteiger partial charge on any atom is 0.126 e. The molecule has 4 heteroatoms. The Hall–Kier alpha value is -1.16. The molecule has 0 saturated carbocycles. The van der Waals surface area contributed by atoms with Gasteiger partial charge < -0.3 is 11.1 Å². The van der Waals surface area contributed by atoms with E-state index in [1.54, 1.807) is 0 Å². The van der Waals surface area contributed by atoms with E-state index in [1.807, 2.05) is 18.2 Å². The molecule has 0 aliphatic heterocycles. The van der Waals surface area contributed by atoms with Gasteiger partial charge in [0, 0.05) is 6.54 Å². The predicted molar refractivity (Wildman–Crippen MR) is 91.2 cm³/mol. The summed E-state index contributed by atoms with van der Waals surface area (Å²) in [6.07, 6.45) is 10.7. The van der Waals surface area contributed by atoms with Gasteiger partial charge in [-0.05, 0) is 18.6 Å². The number of pyridine rings is 1. The highest BCUT2D eigenvalue weighted by Gasteiger charge is 1.99. The molecule has 0 amide bonds. The number of nitrogens with one attached hydrogen (secondary N) is 1. The molecule has 1 heterocycles. The lowest BCUT2D eigenvalue weighted by atomic mass is 10.1. The van der Waals surface area contributed by atoms with Crippen LogP contribution in [0, 0.1) is 0 Å². The summed E-state index contributed by atoms with van der Waals surface area (Å²) in [7, 11) is 0. The first-order chi connectivity index (χ1) is 9.74. The van der Waals surface area contributed by atoms with Gasteiger partial charge >= 0.3 is 0 Å². The molecular formula is C16H27N3S. The van der Waals surface area contributed by atoms with Gasteiger partial charge in [0.15, 0.2) is 0 Å². The maximum atomic E-state index is 5.57. The Morgan fingerprint density at radius 3 is 2.40 bits per heavy atom. The van der Waals surface area contributed by atoms with Gasteiger partial charge in [0.05, 0.1) is 5.69 Å². The molecule has 1 rings (SSSR count). The Kier molecular flexibility index (Phi) is 8.96. The summed E-state index contributed by atoms with van der Waals surface area (Å²) in [6.45, 7) is 3.22. The first-order valence-corrected chi connectivity index (χ1v) is 8.15. The van der Waals surface area contributed by atoms with Crippen LogP contribution in [0.25, 0.3) is 0 Å². The van der Waals surface area contributed by atoms with Gasteiger partial charge in [-0.15, -0.1) is 0 Å². The van der Waals surface area contributed by atoms with Crippen LogP contribution in [0.5, 0.6) is 0 Å². The molecular weight excluding hydrogens is 266 g/mol. The Labute approximate surface area is 128 Å². The summed E-state index contributed by atoms with van der Waals surface area (Å²) in [6, 6.07) is 5.72. The summed E-state index contributed by atoms with van der Waals surface area (Å²) in [5, 5.41) is 3.32. The zero-order valence-electron chi connectivity index (χ0n) is 12.5. The summed E-state index contributed by atoms with van der Waals surface area (Å²) in [5.74, 6) is 0.859. The summed E-state index contributed by atoms with van der Waals surface area (Å²) in [5.41, 5.74) is 6.25. The molecule has 0 aromatic carbocycles. The van der Waals surface area contributed by atoms with E-state index in [0.717, 1.165) is 12.4 Å². The standard InChI is InChI=1S/C16H27N3S/c1-2-3-4-5-6-7-8-9-13-18-15-12-10-11-14(19-15)16(17)20/h10-12H,2-9,13H2,1H3,(H2,17,20)(H,18,19). The van der Waals surface area contributed by atoms with Crippen LogP contribution in [0.3, 0.4) is 0 Å². The molecule has 3 nitrogen and oxygen atoms in total. The molecule has 112 valence electrons. The minimum Gasteiger partial charge on any atom is -0.388 e. The second kappa shape index (κ2) is 10.6. The molecule has 0 bridgehead atoms. The van der Waals surface area contributed by atoms with E-state index in [2.05, 4.69) is 17.2 Å². The molecule has 1 aromatic rings. The van der Waals surface area contributed by atoms with Gasteiger partial charge in [0.25, 0.3) is 0 Å². The van der Waals surface area contributed by atoms with Crippen molar-refractivity contribution in [2.75, 3.05) is 11.9 Å². The maximum absolute atomic E-state index is 5.57. The second-order valence-corrected chi connectivity index (χ2v) is 5.61. The number of nitrogens with two attached hydrogens (primary N) is 1. The Bertz CT molecular complexity index is 393. The highest BCUT2D eigenvalue weighted by atomic mass is 32.1. The average Bonchev–Trinajstić information content (AvgIpc) is 2.46. The Balaban J connectivity index is 2.06. The van der Waals surface area contributed by atoms with Crippen molar-refractivity contribution in [2.45, 2.75) is 58.3 Å². The molecule has 3 N–H and O–H groups in total. The van der Waals surface area contributed by atoms with Gasteiger partial charge in [-0.2, -0.15) is 0 Å². The van der Waals surface area contributed by atoms with E-state index in [-0.39, 0.29) is 0 Å². The number of hydrogen-bond donors (Lipinski definition) is 2. The average molecular weight is 293 g/mol. The quantitative estimate of drug-likeness (QED) is 0.472. The van der Waals surface area contributed by atoms with Crippen molar-refractivity contribution in [1.29, 1.82) is 0 Å². The molecule has 0 unspecified atom stereocenters. The van der Waals surface area contributed by atoms with Crippen LogP contribution in [0.1, 0.15) is 64.0 Å². The minimum absolute atomic E-state index is 0.348. The van der Waals surface area contributed by atoms with Crippen LogP contribution >= 0.6 is 12.2 Å². The van der Waals surface area contributed by atoms with Crippen LogP contribution in [0.2, 0.25) is 0 Å². The van der Waals surface area contributed by atoms with E-state index >= 15 is 0 Å². The summed E-state index contributed by atoms with van der Waals surface area (Å²) >= 11 is 4.92. The van der Waals surface area contributed by atoms with E-state index in [1.165, 1.54) is 51.4 Å². The van der Waals surface area contributed by atoms with Crippen LogP contribution in [0.4, 0.5) is 5.82 Å². The van der Waals surface area contributed by atoms with Crippen molar-refractivity contribution < 1.29 is 0 Å². The predicted octanol–water partition coefficient (Wildman–Crippen LogP) is 4.27. The Morgan fingerprint density at radius 2 is 1.75 bits per heavy atom. The number of anilines is 1. The fourth-order valence-electron chi connectivity index (χ4n) is 2.15. The number of hydrogen-bond acceptors (Lipinski definition) is 3. The van der Waals surface area contributed by atoms with E-state index < -0.39 is 0 Å². The van der Waals surface area contributed by atoms with Crippen molar-refractivity contribution in [3.05, 3.63) is 23.9 Å². The first kappa shape index (κ1) is 16.9. The number of aromatic nitrogens is 1. The number of unbranched alkanes of at least 4 members (excludes halogenated alkanes) is 7. The van der Waals surface area contributed by atoms with Crippen LogP contribution < -0.4 is 11.1 Å². The molecule has 0 aliphatic carbocycles. The molecule has 0 atom stereocenters. The lowest BCUT2D eigenvalue weighted by Crippen LogP contribution is -2.13. The second-order valence-electron chi connectivity index (χ2n) is 5.17. The van der Waals surface area contributed by atoms with E-state index in [4.69, 9.17) is 18.0 Å². The van der Waals surface area contributed by atoms with Crippen molar-refractivity contribution in [2.24, 2.45) is 5.73 Å². The van der Waals surface area contributed by atoms with Gasteiger partial charge in [0.1, 0.15) is 10.8 Å². The van der Waals surface area contributed by atoms with Crippen molar-refractivity contribution in [3.63, 3.8) is 0 Å².